The van der Waals surface area contributed by atoms with Crippen molar-refractivity contribution in [3.8, 4) is 11.1 Å². The van der Waals surface area contributed by atoms with Gasteiger partial charge in [-0.3, -0.25) is 0 Å². The Hall–Kier alpha value is -2.93. The molecule has 2 rings (SSSR count). The summed E-state index contributed by atoms with van der Waals surface area (Å²) in [6.07, 6.45) is -1.62. The van der Waals surface area contributed by atoms with Gasteiger partial charge in [-0.25, -0.2) is 13.6 Å². The number of rotatable bonds is 13. The van der Waals surface area contributed by atoms with Crippen molar-refractivity contribution in [2.24, 2.45) is 0 Å². The summed E-state index contributed by atoms with van der Waals surface area (Å²) in [5.74, 6) is -37.8. The van der Waals surface area contributed by atoms with Crippen molar-refractivity contribution in [1.29, 1.82) is 0 Å². The van der Waals surface area contributed by atoms with Crippen molar-refractivity contribution >= 4 is 5.97 Å². The number of esters is 1. The van der Waals surface area contributed by atoms with Gasteiger partial charge in [-0.05, 0) is 41.7 Å². The van der Waals surface area contributed by atoms with Crippen molar-refractivity contribution in [2.75, 3.05) is 6.61 Å². The number of hydrogen-bond acceptors (Lipinski definition) is 2. The molecule has 0 aliphatic rings. The van der Waals surface area contributed by atoms with Crippen LogP contribution in [-0.2, 0) is 11.2 Å². The lowest BCUT2D eigenvalue weighted by Gasteiger charge is -2.38. The van der Waals surface area contributed by atoms with Crippen LogP contribution in [0.15, 0.2) is 48.5 Å². The van der Waals surface area contributed by atoms with Gasteiger partial charge < -0.3 is 4.74 Å². The third-order valence-electron chi connectivity index (χ3n) is 5.80. The average molecular weight is 582 g/mol. The fourth-order valence-electron chi connectivity index (χ4n) is 3.35. The standard InChI is InChI=1S/C25H22F12O2/c1-2-3-4-5-15-6-8-16(9-7-15)17-10-12-18(13-11-17)19(38)39-14-21(28,29)23(32,33)25(36,37)24(34,35)22(30,31)20(26)27/h6-13,20H,2-5,14H2,1H3. The molecule has 0 atom stereocenters. The second kappa shape index (κ2) is 11.7. The fraction of sp³-hybridized carbons (Fsp3) is 0.480. The van der Waals surface area contributed by atoms with Gasteiger partial charge in [0.05, 0.1) is 5.56 Å². The molecule has 14 heteroatoms. The highest BCUT2D eigenvalue weighted by Crippen LogP contribution is 2.58. The zero-order valence-electron chi connectivity index (χ0n) is 20.1. The lowest BCUT2D eigenvalue weighted by molar-refractivity contribution is -0.414. The molecule has 0 unspecified atom stereocenters. The van der Waals surface area contributed by atoms with Crippen LogP contribution in [0.4, 0.5) is 52.7 Å². The molecule has 0 heterocycles. The number of aryl methyl sites for hydroxylation is 1. The van der Waals surface area contributed by atoms with E-state index in [2.05, 4.69) is 11.7 Å². The minimum absolute atomic E-state index is 0.532. The predicted octanol–water partition coefficient (Wildman–Crippen LogP) is 8.68. The molecule has 2 aromatic rings. The molecule has 2 aromatic carbocycles. The number of unbranched alkanes of at least 4 members (excludes halogenated alkanes) is 2. The maximum absolute atomic E-state index is 13.8. The first-order valence-corrected chi connectivity index (χ1v) is 11.4. The van der Waals surface area contributed by atoms with Gasteiger partial charge in [0, 0.05) is 0 Å². The summed E-state index contributed by atoms with van der Waals surface area (Å²) >= 11 is 0. The first-order valence-electron chi connectivity index (χ1n) is 11.4. The molecule has 0 radical (unpaired) electrons. The van der Waals surface area contributed by atoms with Crippen LogP contribution < -0.4 is 0 Å². The minimum Gasteiger partial charge on any atom is -0.455 e. The van der Waals surface area contributed by atoms with Gasteiger partial charge >= 0.3 is 42.0 Å². The van der Waals surface area contributed by atoms with E-state index >= 15 is 0 Å². The third kappa shape index (κ3) is 6.29. The van der Waals surface area contributed by atoms with Gasteiger partial charge in [0.15, 0.2) is 6.61 Å². The molecule has 0 bridgehead atoms. The predicted molar refractivity (Wildman–Crippen MR) is 116 cm³/mol. The molecular formula is C25H22F12O2. The van der Waals surface area contributed by atoms with Crippen molar-refractivity contribution in [3.63, 3.8) is 0 Å². The highest BCUT2D eigenvalue weighted by Gasteiger charge is 2.87. The molecule has 0 saturated heterocycles. The SMILES string of the molecule is CCCCCc1ccc(-c2ccc(C(=O)OCC(F)(F)C(F)(F)C(F)(F)C(F)(F)C(F)(F)C(F)F)cc2)cc1. The summed E-state index contributed by atoms with van der Waals surface area (Å²) in [5.41, 5.74) is 1.76. The number of halogens is 12. The largest absolute Gasteiger partial charge is 0.455 e. The van der Waals surface area contributed by atoms with E-state index in [9.17, 15) is 57.5 Å². The Morgan fingerprint density at radius 2 is 1.21 bits per heavy atom. The molecule has 0 N–H and O–H groups in total. The van der Waals surface area contributed by atoms with E-state index in [4.69, 9.17) is 0 Å². The van der Waals surface area contributed by atoms with E-state index in [1.54, 1.807) is 12.1 Å². The molecule has 39 heavy (non-hydrogen) atoms. The first kappa shape index (κ1) is 32.3. The Bertz CT molecular complexity index is 1100. The van der Waals surface area contributed by atoms with Crippen LogP contribution in [0.2, 0.25) is 0 Å². The number of ether oxygens (including phenoxy) is 1. The Morgan fingerprint density at radius 1 is 0.718 bits per heavy atom. The lowest BCUT2D eigenvalue weighted by atomic mass is 9.94. The zero-order chi connectivity index (χ0) is 29.9. The highest BCUT2D eigenvalue weighted by atomic mass is 19.4. The minimum atomic E-state index is -7.68. The van der Waals surface area contributed by atoms with E-state index in [1.807, 2.05) is 12.1 Å². The molecule has 218 valence electrons. The maximum atomic E-state index is 13.8. The Balaban J connectivity index is 2.13. The molecule has 0 saturated carbocycles. The summed E-state index contributed by atoms with van der Waals surface area (Å²) in [6.45, 7) is -0.890. The second-order valence-electron chi connectivity index (χ2n) is 8.66. The van der Waals surface area contributed by atoms with Gasteiger partial charge in [-0.1, -0.05) is 56.2 Å². The van der Waals surface area contributed by atoms with Crippen LogP contribution in [0.25, 0.3) is 11.1 Å². The second-order valence-corrected chi connectivity index (χ2v) is 8.66. The van der Waals surface area contributed by atoms with E-state index in [-0.39, 0.29) is 0 Å². The van der Waals surface area contributed by atoms with Gasteiger partial charge in [0.1, 0.15) is 0 Å². The summed E-state index contributed by atoms with van der Waals surface area (Å²) in [4.78, 5) is 12.0. The Kier molecular flexibility index (Phi) is 9.66. The lowest BCUT2D eigenvalue weighted by Crippen LogP contribution is -2.69. The van der Waals surface area contributed by atoms with E-state index in [0.29, 0.717) is 11.1 Å². The van der Waals surface area contributed by atoms with Gasteiger partial charge in [0.25, 0.3) is 0 Å². The van der Waals surface area contributed by atoms with Crippen molar-refractivity contribution in [1.82, 2.24) is 0 Å². The van der Waals surface area contributed by atoms with Crippen LogP contribution in [0.5, 0.6) is 0 Å². The zero-order valence-corrected chi connectivity index (χ0v) is 20.1. The van der Waals surface area contributed by atoms with Crippen LogP contribution in [0.3, 0.4) is 0 Å². The molecular weight excluding hydrogens is 560 g/mol. The number of hydrogen-bond donors (Lipinski definition) is 0. The fourth-order valence-corrected chi connectivity index (χ4v) is 3.35. The van der Waals surface area contributed by atoms with Gasteiger partial charge in [-0.2, -0.15) is 43.9 Å². The Morgan fingerprint density at radius 3 is 1.67 bits per heavy atom. The molecule has 0 aromatic heterocycles. The maximum Gasteiger partial charge on any atom is 0.384 e. The first-order chi connectivity index (χ1) is 17.8. The smallest absolute Gasteiger partial charge is 0.384 e. The number of alkyl halides is 12. The number of carbonyl (C=O) groups excluding carboxylic acids is 1. The highest BCUT2D eigenvalue weighted by molar-refractivity contribution is 5.90. The molecule has 0 fully saturated rings. The summed E-state index contributed by atoms with van der Waals surface area (Å²) in [5, 5.41) is 0. The number of carbonyl (C=O) groups is 1. The van der Waals surface area contributed by atoms with Crippen LogP contribution >= 0.6 is 0 Å². The van der Waals surface area contributed by atoms with Crippen molar-refractivity contribution in [2.45, 2.75) is 68.6 Å². The molecule has 0 aliphatic carbocycles. The normalized spacial score (nSPS) is 13.6. The summed E-state index contributed by atoms with van der Waals surface area (Å²) in [6, 6.07) is 11.9. The van der Waals surface area contributed by atoms with Crippen molar-refractivity contribution < 1.29 is 62.2 Å². The molecule has 0 spiro atoms. The van der Waals surface area contributed by atoms with Crippen LogP contribution in [0, 0.1) is 0 Å². The van der Waals surface area contributed by atoms with Gasteiger partial charge in [0.2, 0.25) is 0 Å². The van der Waals surface area contributed by atoms with E-state index in [0.717, 1.165) is 43.4 Å². The Labute approximate surface area is 214 Å². The average Bonchev–Trinajstić information content (AvgIpc) is 2.87. The number of benzene rings is 2. The van der Waals surface area contributed by atoms with Gasteiger partial charge in [-0.15, -0.1) is 0 Å². The van der Waals surface area contributed by atoms with E-state index in [1.165, 1.54) is 12.1 Å². The van der Waals surface area contributed by atoms with Crippen LogP contribution in [-0.4, -0.2) is 48.6 Å². The topological polar surface area (TPSA) is 26.3 Å². The van der Waals surface area contributed by atoms with E-state index < -0.39 is 54.2 Å². The molecule has 0 aliphatic heterocycles. The van der Waals surface area contributed by atoms with Crippen LogP contribution in [0.1, 0.15) is 42.1 Å². The quantitative estimate of drug-likeness (QED) is 0.134. The summed E-state index contributed by atoms with van der Waals surface area (Å²) < 4.78 is 163. The van der Waals surface area contributed by atoms with Crippen molar-refractivity contribution in [3.05, 3.63) is 59.7 Å². The third-order valence-corrected chi connectivity index (χ3v) is 5.80. The monoisotopic (exact) mass is 582 g/mol. The molecule has 2 nitrogen and oxygen atoms in total. The summed E-state index contributed by atoms with van der Waals surface area (Å²) in [7, 11) is 0. The molecule has 0 amide bonds.